The lowest BCUT2D eigenvalue weighted by molar-refractivity contribution is -0.138. The summed E-state index contributed by atoms with van der Waals surface area (Å²) in [5.74, 6) is 0.0685. The van der Waals surface area contributed by atoms with E-state index in [1.54, 1.807) is 17.3 Å². The number of carbonyl (C=O) groups is 1. The van der Waals surface area contributed by atoms with Crippen LogP contribution in [0.3, 0.4) is 0 Å². The summed E-state index contributed by atoms with van der Waals surface area (Å²) in [4.78, 5) is 18.0. The number of carbonyl (C=O) groups excluding carboxylic acids is 1. The molecule has 0 aromatic carbocycles. The topological polar surface area (TPSA) is 54.5 Å². The molecule has 1 fully saturated rings. The number of hydrogen-bond acceptors (Lipinski definition) is 4. The molecule has 2 heterocycles. The second-order valence-corrected chi connectivity index (χ2v) is 4.56. The molecule has 1 aromatic rings. The number of amides is 1. The largest absolute Gasteiger partial charge is 0.375 e. The maximum absolute atomic E-state index is 12.3. The normalized spacial score (nSPS) is 23.7. The highest BCUT2D eigenvalue weighted by atomic mass is 16.5. The number of hydrogen-bond donors (Lipinski definition) is 1. The average molecular weight is 249 g/mol. The Bertz CT molecular complexity index is 396. The Morgan fingerprint density at radius 1 is 1.56 bits per heavy atom. The minimum Gasteiger partial charge on any atom is -0.375 e. The zero-order valence-electron chi connectivity index (χ0n) is 10.8. The number of pyridine rings is 1. The quantitative estimate of drug-likeness (QED) is 0.843. The van der Waals surface area contributed by atoms with Crippen molar-refractivity contribution in [2.75, 3.05) is 20.2 Å². The van der Waals surface area contributed by atoms with Crippen LogP contribution < -0.4 is 5.32 Å². The van der Waals surface area contributed by atoms with Gasteiger partial charge in [-0.15, -0.1) is 0 Å². The van der Waals surface area contributed by atoms with E-state index in [-0.39, 0.29) is 18.1 Å². The second kappa shape index (κ2) is 5.93. The van der Waals surface area contributed by atoms with Crippen molar-refractivity contribution in [3.63, 3.8) is 0 Å². The Morgan fingerprint density at radius 3 is 2.94 bits per heavy atom. The van der Waals surface area contributed by atoms with Gasteiger partial charge in [0.1, 0.15) is 6.04 Å². The van der Waals surface area contributed by atoms with Crippen molar-refractivity contribution in [3.05, 3.63) is 30.1 Å². The number of morpholine rings is 1. The van der Waals surface area contributed by atoms with E-state index in [1.165, 1.54) is 0 Å². The Balaban J connectivity index is 1.96. The van der Waals surface area contributed by atoms with Crippen LogP contribution in [0.25, 0.3) is 0 Å². The first-order valence-electron chi connectivity index (χ1n) is 6.17. The molecule has 1 aliphatic heterocycles. The first-order valence-corrected chi connectivity index (χ1v) is 6.17. The van der Waals surface area contributed by atoms with Gasteiger partial charge in [0.15, 0.2) is 0 Å². The Morgan fingerprint density at radius 2 is 2.28 bits per heavy atom. The van der Waals surface area contributed by atoms with Crippen LogP contribution in [-0.4, -0.2) is 48.1 Å². The van der Waals surface area contributed by atoms with Crippen LogP contribution in [0, 0.1) is 0 Å². The summed E-state index contributed by atoms with van der Waals surface area (Å²) in [6.07, 6.45) is 3.39. The molecule has 1 aliphatic rings. The molecule has 0 unspecified atom stereocenters. The van der Waals surface area contributed by atoms with Gasteiger partial charge in [-0.25, -0.2) is 0 Å². The van der Waals surface area contributed by atoms with Crippen molar-refractivity contribution in [1.82, 2.24) is 15.2 Å². The van der Waals surface area contributed by atoms with Gasteiger partial charge in [-0.2, -0.15) is 0 Å². The van der Waals surface area contributed by atoms with Crippen LogP contribution in [0.1, 0.15) is 12.5 Å². The van der Waals surface area contributed by atoms with Crippen molar-refractivity contribution < 1.29 is 9.53 Å². The van der Waals surface area contributed by atoms with Gasteiger partial charge in [0.2, 0.25) is 5.91 Å². The Hall–Kier alpha value is -1.46. The highest BCUT2D eigenvalue weighted by Crippen LogP contribution is 2.09. The maximum Gasteiger partial charge on any atom is 0.242 e. The van der Waals surface area contributed by atoms with Crippen LogP contribution in [0.2, 0.25) is 0 Å². The molecule has 0 saturated carbocycles. The third-order valence-electron chi connectivity index (χ3n) is 3.13. The molecule has 1 amide bonds. The van der Waals surface area contributed by atoms with E-state index in [9.17, 15) is 4.79 Å². The molecule has 2 rings (SSSR count). The molecule has 1 saturated heterocycles. The fourth-order valence-corrected chi connectivity index (χ4v) is 2.09. The Kier molecular flexibility index (Phi) is 4.28. The number of rotatable bonds is 3. The molecule has 18 heavy (non-hydrogen) atoms. The summed E-state index contributed by atoms with van der Waals surface area (Å²) < 4.78 is 5.49. The maximum atomic E-state index is 12.3. The third-order valence-corrected chi connectivity index (χ3v) is 3.13. The number of aromatic nitrogens is 1. The van der Waals surface area contributed by atoms with Gasteiger partial charge in [-0.3, -0.25) is 9.78 Å². The zero-order valence-corrected chi connectivity index (χ0v) is 10.8. The fourth-order valence-electron chi connectivity index (χ4n) is 2.09. The lowest BCUT2D eigenvalue weighted by Crippen LogP contribution is -2.55. The van der Waals surface area contributed by atoms with Crippen molar-refractivity contribution in [2.24, 2.45) is 0 Å². The summed E-state index contributed by atoms with van der Waals surface area (Å²) in [6, 6.07) is 3.58. The SMILES string of the molecule is C[C@H]1OCCN[C@@H]1C(=O)N(C)Cc1ccncc1. The molecule has 0 spiro atoms. The molecule has 1 aromatic heterocycles. The first kappa shape index (κ1) is 13.0. The lowest BCUT2D eigenvalue weighted by Gasteiger charge is -2.32. The van der Waals surface area contributed by atoms with Gasteiger partial charge in [-0.05, 0) is 24.6 Å². The summed E-state index contributed by atoms with van der Waals surface area (Å²) in [7, 11) is 1.81. The van der Waals surface area contributed by atoms with Gasteiger partial charge in [0, 0.05) is 32.5 Å². The highest BCUT2D eigenvalue weighted by molar-refractivity contribution is 5.82. The van der Waals surface area contributed by atoms with Crippen LogP contribution in [0.15, 0.2) is 24.5 Å². The molecule has 0 radical (unpaired) electrons. The van der Waals surface area contributed by atoms with Crippen LogP contribution in [0.4, 0.5) is 0 Å². The van der Waals surface area contributed by atoms with Gasteiger partial charge in [0.25, 0.3) is 0 Å². The van der Waals surface area contributed by atoms with Gasteiger partial charge >= 0.3 is 0 Å². The number of likely N-dealkylation sites (N-methyl/N-ethyl adjacent to an activating group) is 1. The van der Waals surface area contributed by atoms with Crippen LogP contribution >= 0.6 is 0 Å². The lowest BCUT2D eigenvalue weighted by atomic mass is 10.1. The number of ether oxygens (including phenoxy) is 1. The first-order chi connectivity index (χ1) is 8.68. The predicted molar refractivity (Wildman–Crippen MR) is 67.9 cm³/mol. The van der Waals surface area contributed by atoms with E-state index in [0.717, 1.165) is 12.1 Å². The molecule has 98 valence electrons. The molecule has 1 N–H and O–H groups in total. The molecule has 2 atom stereocenters. The van der Waals surface area contributed by atoms with Gasteiger partial charge < -0.3 is 15.0 Å². The number of nitrogens with one attached hydrogen (secondary N) is 1. The number of nitrogens with zero attached hydrogens (tertiary/aromatic N) is 2. The van der Waals surface area contributed by atoms with E-state index >= 15 is 0 Å². The molecule has 0 aliphatic carbocycles. The van der Waals surface area contributed by atoms with Crippen molar-refractivity contribution >= 4 is 5.91 Å². The average Bonchev–Trinajstić information content (AvgIpc) is 2.39. The van der Waals surface area contributed by atoms with Crippen LogP contribution in [0.5, 0.6) is 0 Å². The molecular formula is C13H19N3O2. The summed E-state index contributed by atoms with van der Waals surface area (Å²) in [5.41, 5.74) is 1.07. The molecule has 0 bridgehead atoms. The summed E-state index contributed by atoms with van der Waals surface area (Å²) in [6.45, 7) is 3.91. The monoisotopic (exact) mass is 249 g/mol. The summed E-state index contributed by atoms with van der Waals surface area (Å²) in [5, 5.41) is 3.21. The van der Waals surface area contributed by atoms with E-state index < -0.39 is 0 Å². The van der Waals surface area contributed by atoms with Gasteiger partial charge in [-0.1, -0.05) is 0 Å². The van der Waals surface area contributed by atoms with Crippen LogP contribution in [-0.2, 0) is 16.1 Å². The van der Waals surface area contributed by atoms with Gasteiger partial charge in [0.05, 0.1) is 12.7 Å². The van der Waals surface area contributed by atoms with Crippen molar-refractivity contribution in [2.45, 2.75) is 25.6 Å². The predicted octanol–water partition coefficient (Wildman–Crippen LogP) is 0.417. The highest BCUT2D eigenvalue weighted by Gasteiger charge is 2.30. The smallest absolute Gasteiger partial charge is 0.242 e. The van der Waals surface area contributed by atoms with E-state index in [2.05, 4.69) is 10.3 Å². The fraction of sp³-hybridized carbons (Fsp3) is 0.538. The minimum absolute atomic E-state index is 0.0685. The second-order valence-electron chi connectivity index (χ2n) is 4.56. The Labute approximate surface area is 107 Å². The standard InChI is InChI=1S/C13H19N3O2/c1-10-12(15-7-8-18-10)13(17)16(2)9-11-3-5-14-6-4-11/h3-6,10,12,15H,7-9H2,1-2H3/t10-,12+/m1/s1. The third kappa shape index (κ3) is 3.05. The molecule has 5 nitrogen and oxygen atoms in total. The summed E-state index contributed by atoms with van der Waals surface area (Å²) >= 11 is 0. The van der Waals surface area contributed by atoms with E-state index in [4.69, 9.17) is 4.74 Å². The van der Waals surface area contributed by atoms with Crippen molar-refractivity contribution in [3.8, 4) is 0 Å². The zero-order chi connectivity index (χ0) is 13.0. The van der Waals surface area contributed by atoms with E-state index in [1.807, 2.05) is 26.1 Å². The minimum atomic E-state index is -0.245. The van der Waals surface area contributed by atoms with Crippen molar-refractivity contribution in [1.29, 1.82) is 0 Å². The molecule has 5 heteroatoms. The van der Waals surface area contributed by atoms with E-state index in [0.29, 0.717) is 13.2 Å². The molecular weight excluding hydrogens is 230 g/mol.